The highest BCUT2D eigenvalue weighted by atomic mass is 35.5. The van der Waals surface area contributed by atoms with Crippen molar-refractivity contribution in [2.24, 2.45) is 0 Å². The molecule has 3 rings (SSSR count). The van der Waals surface area contributed by atoms with E-state index in [1.165, 1.54) is 0 Å². The summed E-state index contributed by atoms with van der Waals surface area (Å²) in [6.07, 6.45) is 5.07. The summed E-state index contributed by atoms with van der Waals surface area (Å²) in [5.74, 6) is 0.897. The monoisotopic (exact) mass is 309 g/mol. The first-order chi connectivity index (χ1) is 9.63. The Morgan fingerprint density at radius 3 is 2.95 bits per heavy atom. The lowest BCUT2D eigenvalue weighted by molar-refractivity contribution is -0.119. The minimum absolute atomic E-state index is 0.112. The summed E-state index contributed by atoms with van der Waals surface area (Å²) in [6, 6.07) is 5.51. The Morgan fingerprint density at radius 1 is 1.40 bits per heavy atom. The van der Waals surface area contributed by atoms with Crippen LogP contribution in [0.5, 0.6) is 0 Å². The normalized spacial score (nSPS) is 18.3. The number of carbonyl (C=O) groups excluding carboxylic acids is 1. The third kappa shape index (κ3) is 2.67. The van der Waals surface area contributed by atoms with Crippen LogP contribution in [0.2, 0.25) is 10.0 Å². The van der Waals surface area contributed by atoms with Crippen molar-refractivity contribution in [3.05, 3.63) is 40.6 Å². The summed E-state index contributed by atoms with van der Waals surface area (Å²) in [4.78, 5) is 15.6. The first-order valence-electron chi connectivity index (χ1n) is 6.39. The van der Waals surface area contributed by atoms with Gasteiger partial charge in [-0.1, -0.05) is 23.2 Å². The Hall–Kier alpha value is -1.52. The minimum atomic E-state index is 0.112. The summed E-state index contributed by atoms with van der Waals surface area (Å²) in [7, 11) is 0. The number of nitrogens with zero attached hydrogens (tertiary/aromatic N) is 2. The quantitative estimate of drug-likeness (QED) is 0.947. The number of benzene rings is 1. The van der Waals surface area contributed by atoms with Crippen LogP contribution in [-0.2, 0) is 11.3 Å². The van der Waals surface area contributed by atoms with E-state index in [1.54, 1.807) is 18.3 Å². The lowest BCUT2D eigenvalue weighted by Gasteiger charge is -2.14. The molecule has 1 aromatic heterocycles. The molecule has 0 radical (unpaired) electrons. The average molecular weight is 310 g/mol. The van der Waals surface area contributed by atoms with Crippen LogP contribution in [0.25, 0.3) is 11.4 Å². The van der Waals surface area contributed by atoms with E-state index in [2.05, 4.69) is 10.3 Å². The fraction of sp³-hybridized carbons (Fsp3) is 0.286. The van der Waals surface area contributed by atoms with Crippen molar-refractivity contribution in [3.63, 3.8) is 0 Å². The number of halogens is 2. The summed E-state index contributed by atoms with van der Waals surface area (Å²) < 4.78 is 2.01. The van der Waals surface area contributed by atoms with Gasteiger partial charge in [0.2, 0.25) is 5.91 Å². The number of aromatic nitrogens is 2. The molecule has 4 nitrogen and oxygen atoms in total. The highest BCUT2D eigenvalue weighted by molar-refractivity contribution is 6.36. The minimum Gasteiger partial charge on any atom is -0.352 e. The van der Waals surface area contributed by atoms with Gasteiger partial charge >= 0.3 is 0 Å². The van der Waals surface area contributed by atoms with Gasteiger partial charge < -0.3 is 9.88 Å². The Balaban J connectivity index is 1.88. The molecule has 2 heterocycles. The van der Waals surface area contributed by atoms with Crippen molar-refractivity contribution in [1.82, 2.24) is 14.9 Å². The van der Waals surface area contributed by atoms with Gasteiger partial charge in [-0.15, -0.1) is 0 Å². The van der Waals surface area contributed by atoms with Crippen LogP contribution in [-0.4, -0.2) is 21.5 Å². The van der Waals surface area contributed by atoms with Crippen molar-refractivity contribution in [1.29, 1.82) is 0 Å². The van der Waals surface area contributed by atoms with E-state index in [0.717, 1.165) is 17.8 Å². The molecule has 1 amide bonds. The number of carbonyl (C=O) groups is 1. The van der Waals surface area contributed by atoms with Crippen molar-refractivity contribution < 1.29 is 4.79 Å². The van der Waals surface area contributed by atoms with Crippen molar-refractivity contribution in [2.75, 3.05) is 0 Å². The third-order valence-corrected chi connectivity index (χ3v) is 3.94. The molecule has 1 atom stereocenters. The SMILES string of the molecule is O=C1CCC(Cn2ccnc2-c2ccc(Cl)cc2Cl)N1. The van der Waals surface area contributed by atoms with E-state index in [1.807, 2.05) is 16.8 Å². The van der Waals surface area contributed by atoms with E-state index in [0.29, 0.717) is 23.0 Å². The molecule has 20 heavy (non-hydrogen) atoms. The second kappa shape index (κ2) is 5.46. The van der Waals surface area contributed by atoms with Crippen molar-refractivity contribution in [2.45, 2.75) is 25.4 Å². The lowest BCUT2D eigenvalue weighted by atomic mass is 10.2. The lowest BCUT2D eigenvalue weighted by Crippen LogP contribution is -2.29. The van der Waals surface area contributed by atoms with Crippen LogP contribution in [0, 0.1) is 0 Å². The Bertz CT molecular complexity index is 654. The fourth-order valence-electron chi connectivity index (χ4n) is 2.42. The van der Waals surface area contributed by atoms with Gasteiger partial charge in [-0.25, -0.2) is 4.98 Å². The van der Waals surface area contributed by atoms with Gasteiger partial charge in [0.25, 0.3) is 0 Å². The largest absolute Gasteiger partial charge is 0.352 e. The molecule has 0 saturated carbocycles. The predicted octanol–water partition coefficient (Wildman–Crippen LogP) is 3.14. The molecule has 1 aromatic carbocycles. The maximum Gasteiger partial charge on any atom is 0.220 e. The topological polar surface area (TPSA) is 46.9 Å². The molecule has 1 N–H and O–H groups in total. The molecule has 0 spiro atoms. The van der Waals surface area contributed by atoms with Gasteiger partial charge in [0.05, 0.1) is 5.02 Å². The molecule has 1 fully saturated rings. The second-order valence-electron chi connectivity index (χ2n) is 4.83. The molecule has 2 aromatic rings. The molecule has 6 heteroatoms. The number of imidazole rings is 1. The maximum atomic E-state index is 11.3. The van der Waals surface area contributed by atoms with Crippen LogP contribution >= 0.6 is 23.2 Å². The smallest absolute Gasteiger partial charge is 0.220 e. The van der Waals surface area contributed by atoms with Crippen LogP contribution < -0.4 is 5.32 Å². The van der Waals surface area contributed by atoms with Gasteiger partial charge in [0.15, 0.2) is 0 Å². The van der Waals surface area contributed by atoms with Crippen LogP contribution in [0.3, 0.4) is 0 Å². The highest BCUT2D eigenvalue weighted by Crippen LogP contribution is 2.29. The molecule has 1 saturated heterocycles. The van der Waals surface area contributed by atoms with Crippen LogP contribution in [0.15, 0.2) is 30.6 Å². The van der Waals surface area contributed by atoms with Gasteiger partial charge in [-0.3, -0.25) is 4.79 Å². The molecule has 1 unspecified atom stereocenters. The zero-order chi connectivity index (χ0) is 14.1. The Kier molecular flexibility index (Phi) is 3.68. The van der Waals surface area contributed by atoms with Crippen LogP contribution in [0.4, 0.5) is 0 Å². The molecule has 1 aliphatic rings. The van der Waals surface area contributed by atoms with Gasteiger partial charge in [-0.2, -0.15) is 0 Å². The molecular formula is C14H13Cl2N3O. The Labute approximate surface area is 126 Å². The summed E-state index contributed by atoms with van der Waals surface area (Å²) in [6.45, 7) is 0.694. The van der Waals surface area contributed by atoms with E-state index in [9.17, 15) is 4.79 Å². The standard InChI is InChI=1S/C14H13Cl2N3O/c15-9-1-3-11(12(16)7-9)14-17-5-6-19(14)8-10-2-4-13(20)18-10/h1,3,5-7,10H,2,4,8H2,(H,18,20). The number of amides is 1. The first-order valence-corrected chi connectivity index (χ1v) is 7.15. The number of hydrogen-bond donors (Lipinski definition) is 1. The summed E-state index contributed by atoms with van der Waals surface area (Å²) in [5, 5.41) is 4.12. The van der Waals surface area contributed by atoms with E-state index < -0.39 is 0 Å². The number of rotatable bonds is 3. The van der Waals surface area contributed by atoms with Gasteiger partial charge in [-0.05, 0) is 24.6 Å². The molecule has 0 aliphatic carbocycles. The third-order valence-electron chi connectivity index (χ3n) is 3.39. The first kappa shape index (κ1) is 13.5. The van der Waals surface area contributed by atoms with Gasteiger partial charge in [0.1, 0.15) is 5.82 Å². The summed E-state index contributed by atoms with van der Waals surface area (Å²) in [5.41, 5.74) is 0.838. The Morgan fingerprint density at radius 2 is 2.25 bits per heavy atom. The van der Waals surface area contributed by atoms with E-state index >= 15 is 0 Å². The van der Waals surface area contributed by atoms with Crippen LogP contribution in [0.1, 0.15) is 12.8 Å². The van der Waals surface area contributed by atoms with E-state index in [-0.39, 0.29) is 11.9 Å². The molecule has 104 valence electrons. The number of nitrogens with one attached hydrogen (secondary N) is 1. The second-order valence-corrected chi connectivity index (χ2v) is 5.67. The maximum absolute atomic E-state index is 11.3. The van der Waals surface area contributed by atoms with E-state index in [4.69, 9.17) is 23.2 Å². The fourth-order valence-corrected chi connectivity index (χ4v) is 2.92. The number of hydrogen-bond acceptors (Lipinski definition) is 2. The predicted molar refractivity (Wildman–Crippen MR) is 78.8 cm³/mol. The summed E-state index contributed by atoms with van der Waals surface area (Å²) >= 11 is 12.1. The van der Waals surface area contributed by atoms with Crippen molar-refractivity contribution >= 4 is 29.1 Å². The zero-order valence-corrected chi connectivity index (χ0v) is 12.2. The zero-order valence-electron chi connectivity index (χ0n) is 10.6. The molecular weight excluding hydrogens is 297 g/mol. The van der Waals surface area contributed by atoms with Crippen molar-refractivity contribution in [3.8, 4) is 11.4 Å². The highest BCUT2D eigenvalue weighted by Gasteiger charge is 2.22. The molecule has 1 aliphatic heterocycles. The molecule has 0 bridgehead atoms. The average Bonchev–Trinajstić information content (AvgIpc) is 3.00. The van der Waals surface area contributed by atoms with Gasteiger partial charge in [0, 0.05) is 42.0 Å².